The molecule has 0 spiro atoms. The molecule has 3 nitrogen and oxygen atoms in total. The maximum Gasteiger partial charge on any atom is 0.163 e. The highest BCUT2D eigenvalue weighted by molar-refractivity contribution is 5.58. The molecule has 16 heavy (non-hydrogen) atoms. The molecule has 0 saturated carbocycles. The first-order valence-corrected chi connectivity index (χ1v) is 5.33. The van der Waals surface area contributed by atoms with Gasteiger partial charge in [0.2, 0.25) is 0 Å². The summed E-state index contributed by atoms with van der Waals surface area (Å²) in [6.45, 7) is 5.79. The molecule has 1 unspecified atom stereocenters. The SMILES string of the molecule is COc1c(C)c(C)cc(C(C)CC=O)c1O. The first-order valence-electron chi connectivity index (χ1n) is 5.33. The molecule has 0 aromatic heterocycles. The number of methoxy groups -OCH3 is 1. The number of hydrogen-bond donors (Lipinski definition) is 1. The van der Waals surface area contributed by atoms with Gasteiger partial charge in [-0.15, -0.1) is 0 Å². The summed E-state index contributed by atoms with van der Waals surface area (Å²) in [6, 6.07) is 1.92. The number of carbonyl (C=O) groups excluding carboxylic acids is 1. The van der Waals surface area contributed by atoms with Crippen LogP contribution in [0, 0.1) is 13.8 Å². The minimum absolute atomic E-state index is 0.00528. The van der Waals surface area contributed by atoms with Crippen molar-refractivity contribution in [3.63, 3.8) is 0 Å². The molecule has 0 radical (unpaired) electrons. The van der Waals surface area contributed by atoms with E-state index in [2.05, 4.69) is 0 Å². The number of aromatic hydroxyl groups is 1. The second-order valence-electron chi connectivity index (χ2n) is 4.09. The van der Waals surface area contributed by atoms with Crippen molar-refractivity contribution in [3.8, 4) is 11.5 Å². The summed E-state index contributed by atoms with van der Waals surface area (Å²) in [7, 11) is 1.54. The lowest BCUT2D eigenvalue weighted by atomic mass is 9.93. The van der Waals surface area contributed by atoms with E-state index in [1.807, 2.05) is 26.8 Å². The van der Waals surface area contributed by atoms with Crippen LogP contribution in [0.3, 0.4) is 0 Å². The minimum Gasteiger partial charge on any atom is -0.504 e. The Balaban J connectivity index is 3.30. The monoisotopic (exact) mass is 222 g/mol. The van der Waals surface area contributed by atoms with Gasteiger partial charge >= 0.3 is 0 Å². The van der Waals surface area contributed by atoms with Crippen LogP contribution >= 0.6 is 0 Å². The molecular formula is C13H18O3. The Kier molecular flexibility index (Phi) is 3.93. The van der Waals surface area contributed by atoms with Crippen molar-refractivity contribution in [1.29, 1.82) is 0 Å². The molecule has 1 atom stereocenters. The molecule has 0 aliphatic rings. The van der Waals surface area contributed by atoms with Crippen LogP contribution in [0.5, 0.6) is 11.5 Å². The zero-order valence-electron chi connectivity index (χ0n) is 10.2. The number of aryl methyl sites for hydroxylation is 1. The number of aldehydes is 1. The van der Waals surface area contributed by atoms with Crippen LogP contribution < -0.4 is 4.74 Å². The largest absolute Gasteiger partial charge is 0.504 e. The zero-order valence-corrected chi connectivity index (χ0v) is 10.2. The number of phenols is 1. The molecule has 0 saturated heterocycles. The molecule has 1 aromatic carbocycles. The lowest BCUT2D eigenvalue weighted by Crippen LogP contribution is -2.00. The van der Waals surface area contributed by atoms with Crippen LogP contribution in [-0.4, -0.2) is 18.5 Å². The van der Waals surface area contributed by atoms with Gasteiger partial charge in [-0.05, 0) is 30.9 Å². The smallest absolute Gasteiger partial charge is 0.163 e. The summed E-state index contributed by atoms with van der Waals surface area (Å²) < 4.78 is 5.19. The first-order chi connectivity index (χ1) is 7.52. The molecule has 88 valence electrons. The van der Waals surface area contributed by atoms with E-state index >= 15 is 0 Å². The van der Waals surface area contributed by atoms with E-state index in [4.69, 9.17) is 4.74 Å². The Bertz CT molecular complexity index is 397. The van der Waals surface area contributed by atoms with Gasteiger partial charge in [0.25, 0.3) is 0 Å². The molecule has 1 aromatic rings. The Labute approximate surface area is 96.1 Å². The molecular weight excluding hydrogens is 204 g/mol. The normalized spacial score (nSPS) is 12.2. The van der Waals surface area contributed by atoms with Crippen molar-refractivity contribution in [2.24, 2.45) is 0 Å². The Hall–Kier alpha value is -1.51. The van der Waals surface area contributed by atoms with Gasteiger partial charge in [-0.3, -0.25) is 0 Å². The van der Waals surface area contributed by atoms with Crippen LogP contribution in [0.15, 0.2) is 6.07 Å². The third-order valence-corrected chi connectivity index (χ3v) is 2.98. The third-order valence-electron chi connectivity index (χ3n) is 2.98. The Morgan fingerprint density at radius 2 is 2.12 bits per heavy atom. The van der Waals surface area contributed by atoms with Gasteiger partial charge in [-0.2, -0.15) is 0 Å². The van der Waals surface area contributed by atoms with Gasteiger partial charge in [-0.1, -0.05) is 13.0 Å². The summed E-state index contributed by atoms with van der Waals surface area (Å²) in [5.74, 6) is 0.665. The topological polar surface area (TPSA) is 46.5 Å². The number of hydrogen-bond acceptors (Lipinski definition) is 3. The average Bonchev–Trinajstić information content (AvgIpc) is 2.24. The molecule has 0 bridgehead atoms. The fourth-order valence-electron chi connectivity index (χ4n) is 1.79. The molecule has 3 heteroatoms. The minimum atomic E-state index is 0.00528. The van der Waals surface area contributed by atoms with Gasteiger partial charge in [0, 0.05) is 12.0 Å². The summed E-state index contributed by atoms with van der Waals surface area (Å²) in [5.41, 5.74) is 2.76. The molecule has 0 heterocycles. The zero-order chi connectivity index (χ0) is 12.3. The molecule has 1 N–H and O–H groups in total. The summed E-state index contributed by atoms with van der Waals surface area (Å²) >= 11 is 0. The Morgan fingerprint density at radius 1 is 1.50 bits per heavy atom. The van der Waals surface area contributed by atoms with E-state index in [0.717, 1.165) is 23.0 Å². The van der Waals surface area contributed by atoms with Crippen LogP contribution in [0.25, 0.3) is 0 Å². The van der Waals surface area contributed by atoms with Gasteiger partial charge in [0.1, 0.15) is 6.29 Å². The third kappa shape index (κ3) is 2.18. The van der Waals surface area contributed by atoms with E-state index in [1.54, 1.807) is 0 Å². The molecule has 0 amide bonds. The standard InChI is InChI=1S/C13H18O3/c1-8(5-6-14)11-7-9(2)10(3)13(16-4)12(11)15/h6-8,15H,5H2,1-4H3. The first kappa shape index (κ1) is 12.6. The molecule has 0 aliphatic heterocycles. The highest BCUT2D eigenvalue weighted by atomic mass is 16.5. The van der Waals surface area contributed by atoms with Crippen LogP contribution in [0.1, 0.15) is 36.0 Å². The van der Waals surface area contributed by atoms with E-state index in [1.165, 1.54) is 7.11 Å². The quantitative estimate of drug-likeness (QED) is 0.797. The van der Waals surface area contributed by atoms with Crippen LogP contribution in [0.4, 0.5) is 0 Å². The lowest BCUT2D eigenvalue weighted by Gasteiger charge is -2.17. The number of carbonyl (C=O) groups is 1. The number of ether oxygens (including phenoxy) is 1. The predicted octanol–water partition coefficient (Wildman–Crippen LogP) is 2.71. The molecule has 0 aliphatic carbocycles. The van der Waals surface area contributed by atoms with Crippen molar-refractivity contribution in [3.05, 3.63) is 22.8 Å². The van der Waals surface area contributed by atoms with Gasteiger partial charge < -0.3 is 14.6 Å². The van der Waals surface area contributed by atoms with Crippen molar-refractivity contribution in [2.45, 2.75) is 33.1 Å². The van der Waals surface area contributed by atoms with Crippen molar-refractivity contribution < 1.29 is 14.6 Å². The highest BCUT2D eigenvalue weighted by Gasteiger charge is 2.17. The number of rotatable bonds is 4. The Morgan fingerprint density at radius 3 is 2.62 bits per heavy atom. The van der Waals surface area contributed by atoms with Gasteiger partial charge in [0.05, 0.1) is 7.11 Å². The van der Waals surface area contributed by atoms with Crippen molar-refractivity contribution in [2.75, 3.05) is 7.11 Å². The fraction of sp³-hybridized carbons (Fsp3) is 0.462. The molecule has 1 rings (SSSR count). The van der Waals surface area contributed by atoms with E-state index in [9.17, 15) is 9.90 Å². The summed E-state index contributed by atoms with van der Waals surface area (Å²) in [6.07, 6.45) is 1.27. The van der Waals surface area contributed by atoms with Crippen molar-refractivity contribution in [1.82, 2.24) is 0 Å². The van der Waals surface area contributed by atoms with Gasteiger partial charge in [0.15, 0.2) is 11.5 Å². The highest BCUT2D eigenvalue weighted by Crippen LogP contribution is 2.39. The van der Waals surface area contributed by atoms with E-state index < -0.39 is 0 Å². The van der Waals surface area contributed by atoms with Gasteiger partial charge in [-0.25, -0.2) is 0 Å². The second-order valence-corrected chi connectivity index (χ2v) is 4.09. The maximum atomic E-state index is 10.5. The van der Waals surface area contributed by atoms with E-state index in [0.29, 0.717) is 12.2 Å². The predicted molar refractivity (Wildman–Crippen MR) is 63.2 cm³/mol. The number of phenolic OH excluding ortho intramolecular Hbond substituents is 1. The lowest BCUT2D eigenvalue weighted by molar-refractivity contribution is -0.108. The molecule has 0 fully saturated rings. The van der Waals surface area contributed by atoms with E-state index in [-0.39, 0.29) is 11.7 Å². The van der Waals surface area contributed by atoms with Crippen LogP contribution in [0.2, 0.25) is 0 Å². The second kappa shape index (κ2) is 5.01. The fourth-order valence-corrected chi connectivity index (χ4v) is 1.79. The average molecular weight is 222 g/mol. The summed E-state index contributed by atoms with van der Waals surface area (Å²) in [5, 5.41) is 10.1. The maximum absolute atomic E-state index is 10.5. The number of benzene rings is 1. The van der Waals surface area contributed by atoms with Crippen molar-refractivity contribution >= 4 is 6.29 Å². The summed E-state index contributed by atoms with van der Waals surface area (Å²) in [4.78, 5) is 10.5. The van der Waals surface area contributed by atoms with Crippen LogP contribution in [-0.2, 0) is 4.79 Å².